The number of hydrogen-bond donors (Lipinski definition) is 0. The largest absolute Gasteiger partial charge is 0.258 e. The number of hydrogen-bond acceptors (Lipinski definition) is 1. The van der Waals surface area contributed by atoms with Crippen molar-refractivity contribution >= 4 is 15.4 Å². The van der Waals surface area contributed by atoms with Gasteiger partial charge in [0.05, 0.1) is 0 Å². The van der Waals surface area contributed by atoms with E-state index in [-0.39, 0.29) is 0 Å². The van der Waals surface area contributed by atoms with Crippen molar-refractivity contribution in [1.82, 2.24) is 0 Å². The molecule has 0 spiro atoms. The van der Waals surface area contributed by atoms with Crippen molar-refractivity contribution in [3.63, 3.8) is 0 Å². The van der Waals surface area contributed by atoms with E-state index in [2.05, 4.69) is 5.87 Å². The fraction of sp³-hybridized carbons (Fsp3) is 0.0714. The van der Waals surface area contributed by atoms with Gasteiger partial charge in [0.2, 0.25) is 0 Å². The van der Waals surface area contributed by atoms with E-state index >= 15 is 0 Å². The van der Waals surface area contributed by atoms with Crippen LogP contribution in [0, 0.1) is 6.92 Å². The second-order valence-corrected chi connectivity index (χ2v) is 6.09. The van der Waals surface area contributed by atoms with Gasteiger partial charge in [-0.25, -0.2) is 0 Å². The van der Waals surface area contributed by atoms with Crippen LogP contribution in [0.1, 0.15) is 5.56 Å². The van der Waals surface area contributed by atoms with Gasteiger partial charge in [-0.2, -0.15) is 0 Å². The summed E-state index contributed by atoms with van der Waals surface area (Å²) >= 11 is 0. The third-order valence-corrected chi connectivity index (χ3v) is 4.59. The van der Waals surface area contributed by atoms with E-state index in [0.29, 0.717) is 0 Å². The molecule has 0 heterocycles. The highest BCUT2D eigenvalue weighted by Gasteiger charge is 2.09. The van der Waals surface area contributed by atoms with Gasteiger partial charge in [-0.1, -0.05) is 35.9 Å². The zero-order valence-corrected chi connectivity index (χ0v) is 10.0. The average molecular weight is 230 g/mol. The van der Waals surface area contributed by atoms with Crippen molar-refractivity contribution in [2.24, 2.45) is 0 Å². The van der Waals surface area contributed by atoms with Crippen molar-refractivity contribution in [3.8, 4) is 0 Å². The maximum absolute atomic E-state index is 12.6. The minimum Gasteiger partial charge on any atom is -0.258 e. The molecule has 0 aromatic heterocycles. The molecule has 1 atom stereocenters. The molecular formula is C14H14OS. The zero-order chi connectivity index (χ0) is 11.6. The Hall–Kier alpha value is -1.54. The summed E-state index contributed by atoms with van der Waals surface area (Å²) in [5.74, 6) is 3.87. The molecule has 2 heteroatoms. The summed E-state index contributed by atoms with van der Waals surface area (Å²) in [6, 6.07) is 17.1. The van der Waals surface area contributed by atoms with Gasteiger partial charge in [-0.15, -0.1) is 0 Å². The molecule has 16 heavy (non-hydrogen) atoms. The van der Waals surface area contributed by atoms with Crippen LogP contribution in [0.4, 0.5) is 0 Å². The Kier molecular flexibility index (Phi) is 2.84. The summed E-state index contributed by atoms with van der Waals surface area (Å²) in [4.78, 5) is 1.56. The van der Waals surface area contributed by atoms with Crippen LogP contribution < -0.4 is 0 Å². The standard InChI is InChI=1S/C14H14OS/c1-12-8-10-14(11-9-12)16(2,15)13-6-4-3-5-7-13/h3-11H,2H2,1H3. The molecule has 1 unspecified atom stereocenters. The smallest absolute Gasteiger partial charge is 0.0350 e. The third kappa shape index (κ3) is 2.02. The number of benzene rings is 2. The molecule has 0 aliphatic heterocycles. The van der Waals surface area contributed by atoms with Gasteiger partial charge < -0.3 is 0 Å². The van der Waals surface area contributed by atoms with Gasteiger partial charge in [0.15, 0.2) is 0 Å². The first-order valence-corrected chi connectivity index (χ1v) is 6.82. The predicted octanol–water partition coefficient (Wildman–Crippen LogP) is 3.13. The van der Waals surface area contributed by atoms with E-state index in [1.54, 1.807) is 0 Å². The topological polar surface area (TPSA) is 17.1 Å². The van der Waals surface area contributed by atoms with Crippen LogP contribution in [0.5, 0.6) is 0 Å². The second-order valence-electron chi connectivity index (χ2n) is 3.80. The van der Waals surface area contributed by atoms with Crippen molar-refractivity contribution in [3.05, 3.63) is 60.2 Å². The molecule has 0 saturated carbocycles. The van der Waals surface area contributed by atoms with Gasteiger partial charge >= 0.3 is 0 Å². The quantitative estimate of drug-likeness (QED) is 0.724. The lowest BCUT2D eigenvalue weighted by molar-refractivity contribution is 0.681. The maximum Gasteiger partial charge on any atom is 0.0350 e. The summed E-state index contributed by atoms with van der Waals surface area (Å²) in [7, 11) is -2.36. The molecule has 0 N–H and O–H groups in total. The molecular weight excluding hydrogens is 216 g/mol. The molecule has 0 fully saturated rings. The van der Waals surface area contributed by atoms with Crippen LogP contribution >= 0.6 is 0 Å². The lowest BCUT2D eigenvalue weighted by Crippen LogP contribution is -2.00. The number of rotatable bonds is 2. The van der Waals surface area contributed by atoms with E-state index in [1.807, 2.05) is 61.5 Å². The van der Waals surface area contributed by atoms with Crippen molar-refractivity contribution < 1.29 is 4.21 Å². The Morgan fingerprint density at radius 3 is 1.94 bits per heavy atom. The summed E-state index contributed by atoms with van der Waals surface area (Å²) in [6.45, 7) is 2.01. The monoisotopic (exact) mass is 230 g/mol. The van der Waals surface area contributed by atoms with Crippen LogP contribution in [-0.2, 0) is 9.52 Å². The molecule has 2 rings (SSSR count). The molecule has 0 aliphatic rings. The lowest BCUT2D eigenvalue weighted by Gasteiger charge is -2.09. The molecule has 0 bridgehead atoms. The minimum atomic E-state index is -2.36. The van der Waals surface area contributed by atoms with Gasteiger partial charge in [0.1, 0.15) is 0 Å². The van der Waals surface area contributed by atoms with Crippen LogP contribution in [0.2, 0.25) is 0 Å². The van der Waals surface area contributed by atoms with Crippen LogP contribution in [-0.4, -0.2) is 10.1 Å². The fourth-order valence-electron chi connectivity index (χ4n) is 1.53. The highest BCUT2D eigenvalue weighted by Crippen LogP contribution is 2.20. The molecule has 0 aliphatic carbocycles. The van der Waals surface area contributed by atoms with Crippen LogP contribution in [0.15, 0.2) is 64.4 Å². The van der Waals surface area contributed by atoms with Gasteiger partial charge in [0, 0.05) is 19.3 Å². The Balaban J connectivity index is 2.52. The predicted molar refractivity (Wildman–Crippen MR) is 69.4 cm³/mol. The second kappa shape index (κ2) is 4.14. The van der Waals surface area contributed by atoms with Gasteiger partial charge in [-0.05, 0) is 37.1 Å². The first-order chi connectivity index (χ1) is 7.60. The fourth-order valence-corrected chi connectivity index (χ4v) is 2.98. The van der Waals surface area contributed by atoms with E-state index in [4.69, 9.17) is 0 Å². The summed E-state index contributed by atoms with van der Waals surface area (Å²) in [6.07, 6.45) is 0. The molecule has 0 saturated heterocycles. The lowest BCUT2D eigenvalue weighted by atomic mass is 10.2. The molecule has 0 amide bonds. The summed E-state index contributed by atoms with van der Waals surface area (Å²) < 4.78 is 12.6. The Bertz CT molecular complexity index is 566. The highest BCUT2D eigenvalue weighted by molar-refractivity contribution is 8.00. The first kappa shape index (κ1) is 11.0. The van der Waals surface area contributed by atoms with Crippen molar-refractivity contribution in [1.29, 1.82) is 0 Å². The van der Waals surface area contributed by atoms with E-state index < -0.39 is 9.52 Å². The van der Waals surface area contributed by atoms with E-state index in [0.717, 1.165) is 15.4 Å². The Morgan fingerprint density at radius 1 is 0.875 bits per heavy atom. The Morgan fingerprint density at radius 2 is 1.38 bits per heavy atom. The summed E-state index contributed by atoms with van der Waals surface area (Å²) in [5, 5.41) is 0. The molecule has 1 nitrogen and oxygen atoms in total. The average Bonchev–Trinajstić information content (AvgIpc) is 2.31. The molecule has 2 aromatic rings. The minimum absolute atomic E-state index is 0.777. The Labute approximate surface area is 96.8 Å². The van der Waals surface area contributed by atoms with Gasteiger partial charge in [0.25, 0.3) is 0 Å². The normalized spacial score (nSPS) is 14.3. The van der Waals surface area contributed by atoms with Crippen LogP contribution in [0.25, 0.3) is 0 Å². The zero-order valence-electron chi connectivity index (χ0n) is 9.22. The molecule has 82 valence electrons. The molecule has 2 aromatic carbocycles. The molecule has 0 radical (unpaired) electrons. The highest BCUT2D eigenvalue weighted by atomic mass is 32.2. The van der Waals surface area contributed by atoms with Crippen molar-refractivity contribution in [2.45, 2.75) is 16.7 Å². The third-order valence-electron chi connectivity index (χ3n) is 2.53. The summed E-state index contributed by atoms with van der Waals surface area (Å²) in [5.41, 5.74) is 1.16. The maximum atomic E-state index is 12.6. The number of aryl methyl sites for hydroxylation is 1. The SMILES string of the molecule is C=S(=O)(c1ccccc1)c1ccc(C)cc1. The van der Waals surface area contributed by atoms with Crippen LogP contribution in [0.3, 0.4) is 0 Å². The van der Waals surface area contributed by atoms with Gasteiger partial charge in [-0.3, -0.25) is 4.21 Å². The van der Waals surface area contributed by atoms with E-state index in [1.165, 1.54) is 0 Å². The first-order valence-electron chi connectivity index (χ1n) is 5.10. The van der Waals surface area contributed by atoms with Crippen molar-refractivity contribution in [2.75, 3.05) is 0 Å². The van der Waals surface area contributed by atoms with E-state index in [9.17, 15) is 4.21 Å².